The monoisotopic (exact) mass is 151 g/mol. The molecule has 1 nitrogen and oxygen atoms in total. The Balaban J connectivity index is 2.18. The molecule has 0 saturated heterocycles. The maximum absolute atomic E-state index is 5.17. The second-order valence-electron chi connectivity index (χ2n) is 3.55. The first-order valence-corrected chi connectivity index (χ1v) is 4.49. The molecule has 2 unspecified atom stereocenters. The molecule has 0 spiro atoms. The van der Waals surface area contributed by atoms with E-state index in [4.69, 9.17) is 6.42 Å². The van der Waals surface area contributed by atoms with Crippen molar-refractivity contribution in [3.05, 3.63) is 0 Å². The molecule has 0 bridgehead atoms. The molecular weight excluding hydrogens is 134 g/mol. The molecule has 0 amide bonds. The van der Waals surface area contributed by atoms with Gasteiger partial charge in [0.1, 0.15) is 0 Å². The Morgan fingerprint density at radius 2 is 2.36 bits per heavy atom. The van der Waals surface area contributed by atoms with Gasteiger partial charge in [0.05, 0.1) is 6.54 Å². The van der Waals surface area contributed by atoms with Crippen LogP contribution in [0.1, 0.15) is 32.6 Å². The fourth-order valence-corrected chi connectivity index (χ4v) is 1.82. The van der Waals surface area contributed by atoms with Crippen LogP contribution in [0.4, 0.5) is 0 Å². The first-order valence-electron chi connectivity index (χ1n) is 4.49. The van der Waals surface area contributed by atoms with Crippen molar-refractivity contribution in [2.24, 2.45) is 5.92 Å². The molecule has 1 N–H and O–H groups in total. The van der Waals surface area contributed by atoms with Crippen LogP contribution < -0.4 is 5.32 Å². The largest absolute Gasteiger partial charge is 0.303 e. The zero-order chi connectivity index (χ0) is 8.10. The van der Waals surface area contributed by atoms with Crippen LogP contribution in [-0.4, -0.2) is 12.6 Å². The zero-order valence-corrected chi connectivity index (χ0v) is 7.27. The van der Waals surface area contributed by atoms with E-state index in [0.29, 0.717) is 6.04 Å². The lowest BCUT2D eigenvalue weighted by Gasteiger charge is -2.26. The van der Waals surface area contributed by atoms with E-state index in [1.807, 2.05) is 0 Å². The van der Waals surface area contributed by atoms with Crippen LogP contribution in [0.2, 0.25) is 0 Å². The summed E-state index contributed by atoms with van der Waals surface area (Å²) in [5.41, 5.74) is 0. The van der Waals surface area contributed by atoms with E-state index in [1.54, 1.807) is 0 Å². The topological polar surface area (TPSA) is 12.0 Å². The van der Waals surface area contributed by atoms with Crippen LogP contribution in [0.25, 0.3) is 0 Å². The van der Waals surface area contributed by atoms with Crippen molar-refractivity contribution in [1.29, 1.82) is 0 Å². The van der Waals surface area contributed by atoms with Gasteiger partial charge < -0.3 is 5.32 Å². The van der Waals surface area contributed by atoms with E-state index in [1.165, 1.54) is 25.7 Å². The smallest absolute Gasteiger partial charge is 0.0575 e. The minimum absolute atomic E-state index is 0.690. The van der Waals surface area contributed by atoms with Crippen molar-refractivity contribution in [3.63, 3.8) is 0 Å². The second-order valence-corrected chi connectivity index (χ2v) is 3.55. The molecule has 1 saturated carbocycles. The summed E-state index contributed by atoms with van der Waals surface area (Å²) in [6.45, 7) is 3.06. The van der Waals surface area contributed by atoms with E-state index in [-0.39, 0.29) is 0 Å². The van der Waals surface area contributed by atoms with Gasteiger partial charge in [0, 0.05) is 6.04 Å². The Morgan fingerprint density at radius 1 is 1.55 bits per heavy atom. The van der Waals surface area contributed by atoms with E-state index in [9.17, 15) is 0 Å². The van der Waals surface area contributed by atoms with E-state index in [2.05, 4.69) is 18.2 Å². The molecule has 1 aliphatic carbocycles. The maximum Gasteiger partial charge on any atom is 0.0575 e. The number of rotatable bonds is 2. The van der Waals surface area contributed by atoms with E-state index >= 15 is 0 Å². The first-order chi connectivity index (χ1) is 5.33. The third-order valence-corrected chi connectivity index (χ3v) is 2.43. The summed E-state index contributed by atoms with van der Waals surface area (Å²) in [6, 6.07) is 0.690. The molecular formula is C10H17N. The maximum atomic E-state index is 5.17. The van der Waals surface area contributed by atoms with Gasteiger partial charge >= 0.3 is 0 Å². The van der Waals surface area contributed by atoms with Crippen LogP contribution in [-0.2, 0) is 0 Å². The zero-order valence-electron chi connectivity index (χ0n) is 7.27. The molecule has 0 aliphatic heterocycles. The summed E-state index contributed by atoms with van der Waals surface area (Å²) in [6.07, 6.45) is 10.5. The SMILES string of the molecule is C#CCNC1CCCC(C)C1. The highest BCUT2D eigenvalue weighted by Crippen LogP contribution is 2.23. The molecule has 0 aromatic rings. The van der Waals surface area contributed by atoms with Crippen molar-refractivity contribution in [1.82, 2.24) is 5.32 Å². The van der Waals surface area contributed by atoms with Crippen molar-refractivity contribution in [3.8, 4) is 12.3 Å². The summed E-state index contributed by atoms with van der Waals surface area (Å²) in [5, 5.41) is 3.37. The van der Waals surface area contributed by atoms with Gasteiger partial charge in [-0.1, -0.05) is 25.7 Å². The Hall–Kier alpha value is -0.480. The summed E-state index contributed by atoms with van der Waals surface area (Å²) in [5.74, 6) is 3.51. The highest BCUT2D eigenvalue weighted by Gasteiger charge is 2.17. The highest BCUT2D eigenvalue weighted by molar-refractivity contribution is 4.89. The highest BCUT2D eigenvalue weighted by atomic mass is 14.9. The Kier molecular flexibility index (Phi) is 3.45. The van der Waals surface area contributed by atoms with Gasteiger partial charge in [-0.15, -0.1) is 6.42 Å². The lowest BCUT2D eigenvalue weighted by Crippen LogP contribution is -2.33. The second kappa shape index (κ2) is 4.41. The quantitative estimate of drug-likeness (QED) is 0.593. The summed E-state index contributed by atoms with van der Waals surface area (Å²) in [7, 11) is 0. The Labute approximate surface area is 69.6 Å². The normalized spacial score (nSPS) is 31.3. The van der Waals surface area contributed by atoms with Gasteiger partial charge in [-0.05, 0) is 18.8 Å². The molecule has 2 atom stereocenters. The minimum Gasteiger partial charge on any atom is -0.303 e. The number of nitrogens with one attached hydrogen (secondary N) is 1. The van der Waals surface area contributed by atoms with Crippen molar-refractivity contribution in [2.45, 2.75) is 38.6 Å². The third kappa shape index (κ3) is 2.95. The Morgan fingerprint density at radius 3 is 3.00 bits per heavy atom. The van der Waals surface area contributed by atoms with E-state index in [0.717, 1.165) is 12.5 Å². The predicted octanol–water partition coefficient (Wildman–Crippen LogP) is 1.79. The fraction of sp³-hybridized carbons (Fsp3) is 0.800. The average molecular weight is 151 g/mol. The molecule has 1 aliphatic rings. The number of terminal acetylenes is 1. The predicted molar refractivity (Wildman–Crippen MR) is 48.3 cm³/mol. The first kappa shape index (κ1) is 8.62. The van der Waals surface area contributed by atoms with Gasteiger partial charge in [-0.3, -0.25) is 0 Å². The molecule has 1 rings (SSSR count). The molecule has 0 aromatic heterocycles. The van der Waals surface area contributed by atoms with Crippen molar-refractivity contribution in [2.75, 3.05) is 6.54 Å². The van der Waals surface area contributed by atoms with Crippen molar-refractivity contribution >= 4 is 0 Å². The number of hydrogen-bond acceptors (Lipinski definition) is 1. The fourth-order valence-electron chi connectivity index (χ4n) is 1.82. The molecule has 0 radical (unpaired) electrons. The van der Waals surface area contributed by atoms with Gasteiger partial charge in [0.2, 0.25) is 0 Å². The van der Waals surface area contributed by atoms with Gasteiger partial charge in [-0.25, -0.2) is 0 Å². The average Bonchev–Trinajstić information content (AvgIpc) is 2.01. The lowest BCUT2D eigenvalue weighted by atomic mass is 9.87. The summed E-state index contributed by atoms with van der Waals surface area (Å²) in [4.78, 5) is 0. The van der Waals surface area contributed by atoms with Crippen molar-refractivity contribution < 1.29 is 0 Å². The molecule has 11 heavy (non-hydrogen) atoms. The van der Waals surface area contributed by atoms with Crippen LogP contribution in [0.15, 0.2) is 0 Å². The van der Waals surface area contributed by atoms with Crippen LogP contribution in [0.5, 0.6) is 0 Å². The molecule has 0 aromatic carbocycles. The van der Waals surface area contributed by atoms with Gasteiger partial charge in [-0.2, -0.15) is 0 Å². The lowest BCUT2D eigenvalue weighted by molar-refractivity contribution is 0.309. The summed E-state index contributed by atoms with van der Waals surface area (Å²) >= 11 is 0. The molecule has 62 valence electrons. The summed E-state index contributed by atoms with van der Waals surface area (Å²) < 4.78 is 0. The molecule has 1 heteroatoms. The molecule has 1 fully saturated rings. The molecule has 0 heterocycles. The van der Waals surface area contributed by atoms with Crippen LogP contribution in [0, 0.1) is 18.3 Å². The van der Waals surface area contributed by atoms with E-state index < -0.39 is 0 Å². The minimum atomic E-state index is 0.690. The van der Waals surface area contributed by atoms with Gasteiger partial charge in [0.25, 0.3) is 0 Å². The standard InChI is InChI=1S/C10H17N/c1-3-7-11-10-6-4-5-9(2)8-10/h1,9-11H,4-8H2,2H3. The van der Waals surface area contributed by atoms with Crippen LogP contribution in [0.3, 0.4) is 0 Å². The Bertz CT molecular complexity index is 145. The van der Waals surface area contributed by atoms with Gasteiger partial charge in [0.15, 0.2) is 0 Å². The van der Waals surface area contributed by atoms with Crippen LogP contribution >= 0.6 is 0 Å². The third-order valence-electron chi connectivity index (χ3n) is 2.43. The number of hydrogen-bond donors (Lipinski definition) is 1.